The molecule has 0 saturated carbocycles. The lowest BCUT2D eigenvalue weighted by atomic mass is 9.87. The van der Waals surface area contributed by atoms with Crippen LogP contribution in [0.1, 0.15) is 65.4 Å². The predicted octanol–water partition coefficient (Wildman–Crippen LogP) is 4.01. The van der Waals surface area contributed by atoms with Gasteiger partial charge >= 0.3 is 11.8 Å². The molecule has 0 aliphatic rings. The van der Waals surface area contributed by atoms with Crippen LogP contribution in [0.5, 0.6) is 0 Å². The fourth-order valence-corrected chi connectivity index (χ4v) is 2.25. The molecular weight excluding hydrogens is 288 g/mol. The number of hydrogen-bond acceptors (Lipinski definition) is 2. The lowest BCUT2D eigenvalue weighted by Gasteiger charge is -2.19. The Morgan fingerprint density at radius 1 is 0.913 bits per heavy atom. The van der Waals surface area contributed by atoms with E-state index in [0.29, 0.717) is 12.2 Å². The molecule has 1 rings (SSSR count). The van der Waals surface area contributed by atoms with E-state index in [9.17, 15) is 9.59 Å². The highest BCUT2D eigenvalue weighted by Gasteiger charge is 2.15. The Bertz CT molecular complexity index is 501. The molecule has 23 heavy (non-hydrogen) atoms. The first-order valence-electron chi connectivity index (χ1n) is 8.54. The minimum Gasteiger partial charge on any atom is -0.348 e. The van der Waals surface area contributed by atoms with Crippen molar-refractivity contribution in [2.24, 2.45) is 0 Å². The third kappa shape index (κ3) is 7.31. The molecule has 4 heteroatoms. The van der Waals surface area contributed by atoms with Gasteiger partial charge in [0.25, 0.3) is 0 Å². The first-order valence-corrected chi connectivity index (χ1v) is 8.54. The molecule has 0 saturated heterocycles. The van der Waals surface area contributed by atoms with Gasteiger partial charge in [0.1, 0.15) is 0 Å². The number of benzene rings is 1. The zero-order valence-electron chi connectivity index (χ0n) is 14.9. The van der Waals surface area contributed by atoms with Crippen molar-refractivity contribution in [2.45, 2.75) is 65.2 Å². The molecule has 0 spiro atoms. The number of nitrogens with one attached hydrogen (secondary N) is 2. The maximum absolute atomic E-state index is 11.8. The van der Waals surface area contributed by atoms with Gasteiger partial charge in [0.2, 0.25) is 0 Å². The summed E-state index contributed by atoms with van der Waals surface area (Å²) in [5.74, 6) is -1.18. The molecule has 0 aromatic heterocycles. The van der Waals surface area contributed by atoms with E-state index >= 15 is 0 Å². The van der Waals surface area contributed by atoms with Crippen molar-refractivity contribution >= 4 is 17.5 Å². The number of carbonyl (C=O) groups is 2. The fraction of sp³-hybridized carbons (Fsp3) is 0.579. The molecular formula is C19H30N2O2. The summed E-state index contributed by atoms with van der Waals surface area (Å²) in [6.45, 7) is 9.12. The molecule has 0 aliphatic carbocycles. The number of unbranched alkanes of at least 4 members (excludes halogenated alkanes) is 4. The maximum Gasteiger partial charge on any atom is 0.313 e. The summed E-state index contributed by atoms with van der Waals surface area (Å²) in [7, 11) is 0. The third-order valence-electron chi connectivity index (χ3n) is 3.78. The summed E-state index contributed by atoms with van der Waals surface area (Å²) >= 11 is 0. The molecule has 0 unspecified atom stereocenters. The predicted molar refractivity (Wildman–Crippen MR) is 95.5 cm³/mol. The van der Waals surface area contributed by atoms with Crippen LogP contribution in [0.4, 0.5) is 5.69 Å². The van der Waals surface area contributed by atoms with Gasteiger partial charge in [-0.25, -0.2) is 0 Å². The second-order valence-electron chi connectivity index (χ2n) is 6.95. The summed E-state index contributed by atoms with van der Waals surface area (Å²) in [6.07, 6.45) is 5.60. The first-order chi connectivity index (χ1) is 10.8. The molecule has 0 bridgehead atoms. The fourth-order valence-electron chi connectivity index (χ4n) is 2.25. The zero-order valence-corrected chi connectivity index (χ0v) is 14.9. The lowest BCUT2D eigenvalue weighted by molar-refractivity contribution is -0.136. The number of carbonyl (C=O) groups excluding carboxylic acids is 2. The van der Waals surface area contributed by atoms with Crippen molar-refractivity contribution in [1.82, 2.24) is 5.32 Å². The zero-order chi connectivity index (χ0) is 17.3. The number of hydrogen-bond donors (Lipinski definition) is 2. The molecule has 0 atom stereocenters. The van der Waals surface area contributed by atoms with Crippen molar-refractivity contribution in [3.8, 4) is 0 Å². The van der Waals surface area contributed by atoms with Crippen LogP contribution in [0.2, 0.25) is 0 Å². The van der Waals surface area contributed by atoms with E-state index < -0.39 is 11.8 Å². The summed E-state index contributed by atoms with van der Waals surface area (Å²) in [5, 5.41) is 5.29. The molecule has 128 valence electrons. The van der Waals surface area contributed by atoms with Crippen LogP contribution in [0.25, 0.3) is 0 Å². The van der Waals surface area contributed by atoms with E-state index in [2.05, 4.69) is 38.3 Å². The molecule has 0 fully saturated rings. The summed E-state index contributed by atoms with van der Waals surface area (Å²) < 4.78 is 0. The van der Waals surface area contributed by atoms with Crippen LogP contribution in [0.15, 0.2) is 24.3 Å². The van der Waals surface area contributed by atoms with E-state index in [0.717, 1.165) is 12.8 Å². The Morgan fingerprint density at radius 3 is 2.09 bits per heavy atom. The Labute approximate surface area is 140 Å². The summed E-state index contributed by atoms with van der Waals surface area (Å²) in [4.78, 5) is 23.6. The summed E-state index contributed by atoms with van der Waals surface area (Å²) in [6, 6.07) is 7.61. The van der Waals surface area contributed by atoms with Gasteiger partial charge in [-0.1, -0.05) is 65.5 Å². The highest BCUT2D eigenvalue weighted by atomic mass is 16.2. The van der Waals surface area contributed by atoms with Gasteiger partial charge < -0.3 is 10.6 Å². The highest BCUT2D eigenvalue weighted by molar-refractivity contribution is 6.39. The van der Waals surface area contributed by atoms with Gasteiger partial charge in [-0.15, -0.1) is 0 Å². The van der Waals surface area contributed by atoms with E-state index in [1.54, 1.807) is 0 Å². The molecule has 0 aliphatic heterocycles. The van der Waals surface area contributed by atoms with Crippen LogP contribution in [0.3, 0.4) is 0 Å². The highest BCUT2D eigenvalue weighted by Crippen LogP contribution is 2.23. The van der Waals surface area contributed by atoms with Crippen molar-refractivity contribution < 1.29 is 9.59 Å². The monoisotopic (exact) mass is 318 g/mol. The van der Waals surface area contributed by atoms with Gasteiger partial charge in [-0.2, -0.15) is 0 Å². The number of anilines is 1. The second-order valence-corrected chi connectivity index (χ2v) is 6.95. The van der Waals surface area contributed by atoms with E-state index in [1.807, 2.05) is 24.3 Å². The SMILES string of the molecule is CCCCCCCNC(=O)C(=O)Nc1ccc(C(C)(C)C)cc1. The van der Waals surface area contributed by atoms with Gasteiger partial charge in [0.15, 0.2) is 0 Å². The van der Waals surface area contributed by atoms with Crippen molar-refractivity contribution in [3.05, 3.63) is 29.8 Å². The van der Waals surface area contributed by atoms with E-state index in [-0.39, 0.29) is 5.41 Å². The maximum atomic E-state index is 11.8. The van der Waals surface area contributed by atoms with Crippen LogP contribution < -0.4 is 10.6 Å². The normalized spacial score (nSPS) is 11.1. The molecule has 0 radical (unpaired) electrons. The topological polar surface area (TPSA) is 58.2 Å². The average Bonchev–Trinajstić information content (AvgIpc) is 2.50. The van der Waals surface area contributed by atoms with Gasteiger partial charge in [0.05, 0.1) is 0 Å². The standard InChI is InChI=1S/C19H30N2O2/c1-5-6-7-8-9-14-20-17(22)18(23)21-16-12-10-15(11-13-16)19(2,3)4/h10-13H,5-9,14H2,1-4H3,(H,20,22)(H,21,23). The molecule has 0 heterocycles. The molecule has 1 aromatic rings. The molecule has 2 N–H and O–H groups in total. The van der Waals surface area contributed by atoms with E-state index in [1.165, 1.54) is 24.8 Å². The Kier molecular flexibility index (Phi) is 7.79. The Hall–Kier alpha value is -1.84. The second kappa shape index (κ2) is 9.33. The number of amides is 2. The van der Waals surface area contributed by atoms with Crippen LogP contribution in [-0.2, 0) is 15.0 Å². The first kappa shape index (κ1) is 19.2. The minimum atomic E-state index is -0.609. The van der Waals surface area contributed by atoms with E-state index in [4.69, 9.17) is 0 Å². The Balaban J connectivity index is 2.36. The Morgan fingerprint density at radius 2 is 1.52 bits per heavy atom. The van der Waals surface area contributed by atoms with Crippen LogP contribution >= 0.6 is 0 Å². The van der Waals surface area contributed by atoms with Gasteiger partial charge in [0, 0.05) is 12.2 Å². The van der Waals surface area contributed by atoms with Crippen molar-refractivity contribution in [3.63, 3.8) is 0 Å². The number of rotatable bonds is 7. The molecule has 4 nitrogen and oxygen atoms in total. The van der Waals surface area contributed by atoms with Crippen LogP contribution in [-0.4, -0.2) is 18.4 Å². The van der Waals surface area contributed by atoms with Crippen LogP contribution in [0, 0.1) is 0 Å². The largest absolute Gasteiger partial charge is 0.348 e. The molecule has 2 amide bonds. The smallest absolute Gasteiger partial charge is 0.313 e. The van der Waals surface area contributed by atoms with Gasteiger partial charge in [-0.05, 0) is 29.5 Å². The lowest BCUT2D eigenvalue weighted by Crippen LogP contribution is -2.35. The molecule has 1 aromatic carbocycles. The van der Waals surface area contributed by atoms with Crippen molar-refractivity contribution in [2.75, 3.05) is 11.9 Å². The summed E-state index contributed by atoms with van der Waals surface area (Å²) in [5.41, 5.74) is 1.89. The van der Waals surface area contributed by atoms with Gasteiger partial charge in [-0.3, -0.25) is 9.59 Å². The third-order valence-corrected chi connectivity index (χ3v) is 3.78. The quantitative estimate of drug-likeness (QED) is 0.589. The minimum absolute atomic E-state index is 0.0672. The average molecular weight is 318 g/mol. The van der Waals surface area contributed by atoms with Crippen molar-refractivity contribution in [1.29, 1.82) is 0 Å².